The Morgan fingerprint density at radius 3 is 2.22 bits per heavy atom. The maximum absolute atomic E-state index is 13.7. The predicted octanol–water partition coefficient (Wildman–Crippen LogP) is 3.88. The zero-order chi connectivity index (χ0) is 41.8. The average molecular weight is 796 g/mol. The summed E-state index contributed by atoms with van der Waals surface area (Å²) in [5.74, 6) is -1.18. The molecule has 1 aliphatic rings. The Morgan fingerprint density at radius 1 is 0.828 bits per heavy atom. The van der Waals surface area contributed by atoms with Gasteiger partial charge in [-0.2, -0.15) is 0 Å². The number of nitrogens with zero attached hydrogens (tertiary/aromatic N) is 4. The largest absolute Gasteiger partial charge is 0.382 e. The van der Waals surface area contributed by atoms with Crippen LogP contribution in [0.5, 0.6) is 0 Å². The molecule has 58 heavy (non-hydrogen) atoms. The van der Waals surface area contributed by atoms with Crippen molar-refractivity contribution in [3.8, 4) is 0 Å². The highest BCUT2D eigenvalue weighted by Crippen LogP contribution is 2.30. The van der Waals surface area contributed by atoms with Crippen molar-refractivity contribution in [2.75, 3.05) is 29.6 Å². The van der Waals surface area contributed by atoms with Gasteiger partial charge in [0, 0.05) is 49.2 Å². The van der Waals surface area contributed by atoms with Crippen LogP contribution in [0.25, 0.3) is 21.9 Å². The van der Waals surface area contributed by atoms with Crippen molar-refractivity contribution in [1.29, 1.82) is 0 Å². The van der Waals surface area contributed by atoms with E-state index in [-0.39, 0.29) is 49.6 Å². The van der Waals surface area contributed by atoms with Crippen LogP contribution in [0.4, 0.5) is 22.0 Å². The first-order valence-corrected chi connectivity index (χ1v) is 19.8. The number of rotatable bonds is 21. The number of para-hydroxylation sites is 1. The molecular formula is C41H53N11O6. The van der Waals surface area contributed by atoms with E-state index >= 15 is 0 Å². The first kappa shape index (κ1) is 42.6. The van der Waals surface area contributed by atoms with E-state index in [1.54, 1.807) is 26.0 Å². The molecule has 1 aliphatic heterocycles. The first-order chi connectivity index (χ1) is 27.9. The molecule has 0 saturated carbocycles. The van der Waals surface area contributed by atoms with E-state index in [4.69, 9.17) is 16.5 Å². The number of aryl methyl sites for hydroxylation is 1. The smallest absolute Gasteiger partial charge is 0.312 e. The van der Waals surface area contributed by atoms with E-state index in [1.807, 2.05) is 41.1 Å². The third kappa shape index (κ3) is 11.1. The summed E-state index contributed by atoms with van der Waals surface area (Å²) in [6.45, 7) is 6.16. The van der Waals surface area contributed by atoms with Crippen LogP contribution in [0, 0.1) is 5.92 Å². The summed E-state index contributed by atoms with van der Waals surface area (Å²) in [7, 11) is 0. The number of amides is 7. The van der Waals surface area contributed by atoms with Crippen LogP contribution in [0.15, 0.2) is 60.7 Å². The van der Waals surface area contributed by atoms with Gasteiger partial charge in [-0.1, -0.05) is 51.8 Å². The van der Waals surface area contributed by atoms with Crippen LogP contribution < -0.4 is 38.2 Å². The van der Waals surface area contributed by atoms with Crippen LogP contribution >= 0.6 is 0 Å². The summed E-state index contributed by atoms with van der Waals surface area (Å²) in [5, 5.41) is 11.9. The average Bonchev–Trinajstić information content (AvgIpc) is 3.72. The second kappa shape index (κ2) is 20.1. The van der Waals surface area contributed by atoms with Crippen molar-refractivity contribution < 1.29 is 28.8 Å². The Labute approximate surface area is 336 Å². The number of benzene rings is 2. The number of pyridine rings is 1. The molecule has 4 aromatic rings. The standard InChI is InChI=1S/C41H53N11O6/c1-4-5-15-31-48-36-37(28-12-8-9-13-29(28)46-38(36)42)52(31)50-27-19-17-26(18-20-27)45-39(56)30(14-11-23-44-41(43)58)47-40(57)35(25(2)3)49-32(53)16-7-6-10-24-51-33(54)21-22-34(51)55/h8-9,12-13,17-22,25,30,35,50H,4-7,10-11,14-16,23-24H2,1-3H3,(H2,42,46)(H,45,56)(H,47,57)(H,49,53)(H3,43,44,58). The van der Waals surface area contributed by atoms with Gasteiger partial charge < -0.3 is 32.7 Å². The van der Waals surface area contributed by atoms with E-state index in [9.17, 15) is 28.8 Å². The fraction of sp³-hybridized carbons (Fsp3) is 0.415. The number of nitrogen functional groups attached to an aromatic ring is 1. The minimum absolute atomic E-state index is 0.142. The third-order valence-corrected chi connectivity index (χ3v) is 9.79. The second-order valence-electron chi connectivity index (χ2n) is 14.6. The van der Waals surface area contributed by atoms with Gasteiger partial charge in [-0.25, -0.2) is 19.4 Å². The Balaban J connectivity index is 1.23. The summed E-state index contributed by atoms with van der Waals surface area (Å²) in [4.78, 5) is 85.5. The maximum Gasteiger partial charge on any atom is 0.312 e. The van der Waals surface area contributed by atoms with Crippen molar-refractivity contribution in [3.05, 3.63) is 66.5 Å². The molecule has 2 aromatic heterocycles. The Hall–Kier alpha value is -6.52. The molecule has 308 valence electrons. The lowest BCUT2D eigenvalue weighted by molar-refractivity contribution is -0.137. The zero-order valence-corrected chi connectivity index (χ0v) is 33.2. The molecule has 9 N–H and O–H groups in total. The number of carbonyl (C=O) groups excluding carboxylic acids is 6. The summed E-state index contributed by atoms with van der Waals surface area (Å²) in [6, 6.07) is 12.2. The quantitative estimate of drug-likeness (QED) is 0.0474. The maximum atomic E-state index is 13.7. The lowest BCUT2D eigenvalue weighted by Crippen LogP contribution is -2.54. The minimum Gasteiger partial charge on any atom is -0.382 e. The lowest BCUT2D eigenvalue weighted by atomic mass is 10.0. The van der Waals surface area contributed by atoms with Gasteiger partial charge in [0.15, 0.2) is 5.82 Å². The molecular weight excluding hydrogens is 743 g/mol. The molecule has 17 heteroatoms. The number of unbranched alkanes of at least 4 members (excludes halogenated alkanes) is 3. The Kier molecular flexibility index (Phi) is 14.7. The molecule has 0 spiro atoms. The van der Waals surface area contributed by atoms with E-state index in [0.717, 1.165) is 52.1 Å². The number of primary amides is 1. The van der Waals surface area contributed by atoms with Gasteiger partial charge in [-0.05, 0) is 68.4 Å². The summed E-state index contributed by atoms with van der Waals surface area (Å²) < 4.78 is 1.94. The van der Waals surface area contributed by atoms with Crippen molar-refractivity contribution >= 4 is 74.7 Å². The van der Waals surface area contributed by atoms with Gasteiger partial charge in [0.25, 0.3) is 11.8 Å². The van der Waals surface area contributed by atoms with Crippen LogP contribution in [-0.2, 0) is 30.4 Å². The molecule has 2 aromatic carbocycles. The van der Waals surface area contributed by atoms with Crippen molar-refractivity contribution in [1.82, 2.24) is 35.5 Å². The molecule has 2 atom stereocenters. The van der Waals surface area contributed by atoms with Crippen LogP contribution in [0.1, 0.15) is 78.0 Å². The highest BCUT2D eigenvalue weighted by atomic mass is 16.2. The summed E-state index contributed by atoms with van der Waals surface area (Å²) in [6.07, 6.45) is 7.40. The van der Waals surface area contributed by atoms with Gasteiger partial charge in [0.2, 0.25) is 17.7 Å². The molecule has 2 unspecified atom stereocenters. The monoisotopic (exact) mass is 795 g/mol. The SMILES string of the molecule is CCCCc1nc2c(N)nc3ccccc3c2n1Nc1ccc(NC(=O)C(CCCNC(N)=O)NC(=O)C(NC(=O)CCCCCN2C(=O)C=CC2=O)C(C)C)cc1. The normalized spacial score (nSPS) is 13.6. The minimum atomic E-state index is -1.01. The van der Waals surface area contributed by atoms with Crippen LogP contribution in [-0.4, -0.2) is 80.3 Å². The topological polar surface area (TPSA) is 249 Å². The molecule has 0 radical (unpaired) electrons. The molecule has 7 amide bonds. The molecule has 0 saturated heterocycles. The number of aromatic nitrogens is 3. The number of carbonyl (C=O) groups is 6. The van der Waals surface area contributed by atoms with Gasteiger partial charge in [-0.15, -0.1) is 0 Å². The Morgan fingerprint density at radius 2 is 1.53 bits per heavy atom. The van der Waals surface area contributed by atoms with Crippen LogP contribution in [0.2, 0.25) is 0 Å². The molecule has 0 aliphatic carbocycles. The van der Waals surface area contributed by atoms with Gasteiger partial charge in [-0.3, -0.25) is 34.3 Å². The predicted molar refractivity (Wildman–Crippen MR) is 222 cm³/mol. The van der Waals surface area contributed by atoms with E-state index in [0.29, 0.717) is 42.7 Å². The number of nitrogens with two attached hydrogens (primary N) is 2. The Bertz CT molecular complexity index is 2150. The lowest BCUT2D eigenvalue weighted by Gasteiger charge is -2.25. The summed E-state index contributed by atoms with van der Waals surface area (Å²) in [5.41, 5.74) is 18.4. The van der Waals surface area contributed by atoms with Crippen molar-refractivity contribution in [2.24, 2.45) is 11.7 Å². The number of imide groups is 1. The third-order valence-electron chi connectivity index (χ3n) is 9.79. The van der Waals surface area contributed by atoms with Crippen molar-refractivity contribution in [3.63, 3.8) is 0 Å². The number of urea groups is 1. The molecule has 17 nitrogen and oxygen atoms in total. The molecule has 0 fully saturated rings. The van der Waals surface area contributed by atoms with E-state index in [2.05, 4.69) is 38.6 Å². The number of fused-ring (bicyclic) bond motifs is 3. The number of anilines is 3. The summed E-state index contributed by atoms with van der Waals surface area (Å²) >= 11 is 0. The fourth-order valence-electron chi connectivity index (χ4n) is 6.67. The van der Waals surface area contributed by atoms with Gasteiger partial charge >= 0.3 is 6.03 Å². The molecule has 0 bridgehead atoms. The number of nitrogens with one attached hydrogen (secondary N) is 5. The fourth-order valence-corrected chi connectivity index (χ4v) is 6.67. The molecule has 3 heterocycles. The van der Waals surface area contributed by atoms with E-state index in [1.165, 1.54) is 12.2 Å². The van der Waals surface area contributed by atoms with Crippen LogP contribution in [0.3, 0.4) is 0 Å². The number of imidazole rings is 1. The highest BCUT2D eigenvalue weighted by Gasteiger charge is 2.29. The van der Waals surface area contributed by atoms with Gasteiger partial charge in [0.1, 0.15) is 28.9 Å². The number of hydrogen-bond donors (Lipinski definition) is 7. The second-order valence-corrected chi connectivity index (χ2v) is 14.6. The van der Waals surface area contributed by atoms with E-state index < -0.39 is 29.9 Å². The van der Waals surface area contributed by atoms with Gasteiger partial charge in [0.05, 0.1) is 11.2 Å². The number of hydrogen-bond acceptors (Lipinski definition) is 10. The highest BCUT2D eigenvalue weighted by molar-refractivity contribution is 6.13. The van der Waals surface area contributed by atoms with Crippen molar-refractivity contribution in [2.45, 2.75) is 90.6 Å². The first-order valence-electron chi connectivity index (χ1n) is 19.8. The zero-order valence-electron chi connectivity index (χ0n) is 33.2. The molecule has 5 rings (SSSR count).